The zero-order valence-corrected chi connectivity index (χ0v) is 21.7. The van der Waals surface area contributed by atoms with Gasteiger partial charge in [-0.15, -0.1) is 24.0 Å². The molecule has 1 fully saturated rings. The lowest BCUT2D eigenvalue weighted by Gasteiger charge is -2.21. The third-order valence-electron chi connectivity index (χ3n) is 5.70. The van der Waals surface area contributed by atoms with Crippen molar-refractivity contribution in [2.45, 2.75) is 46.3 Å². The van der Waals surface area contributed by atoms with Crippen LogP contribution in [0.25, 0.3) is 0 Å². The van der Waals surface area contributed by atoms with Crippen molar-refractivity contribution in [2.24, 2.45) is 10.9 Å². The Bertz CT molecular complexity index is 885. The molecule has 1 unspecified atom stereocenters. The number of ether oxygens (including phenoxy) is 1. The molecule has 1 N–H and O–H groups in total. The second kappa shape index (κ2) is 14.3. The number of pyridine rings is 1. The molecule has 1 aliphatic rings. The Morgan fingerprint density at radius 1 is 1.16 bits per heavy atom. The van der Waals surface area contributed by atoms with Crippen molar-refractivity contribution in [3.63, 3.8) is 0 Å². The van der Waals surface area contributed by atoms with Crippen LogP contribution in [0.5, 0.6) is 0 Å². The first kappa shape index (κ1) is 26.4. The summed E-state index contributed by atoms with van der Waals surface area (Å²) in [6, 6.07) is 15.8. The summed E-state index contributed by atoms with van der Waals surface area (Å²) in [6.07, 6.45) is 3.05. The van der Waals surface area contributed by atoms with Gasteiger partial charge < -0.3 is 19.5 Å². The smallest absolute Gasteiger partial charge is 0.250 e. The van der Waals surface area contributed by atoms with E-state index in [1.165, 1.54) is 5.56 Å². The van der Waals surface area contributed by atoms with Gasteiger partial charge in [0.05, 0.1) is 13.2 Å². The van der Waals surface area contributed by atoms with Crippen LogP contribution in [0.15, 0.2) is 58.3 Å². The van der Waals surface area contributed by atoms with Gasteiger partial charge >= 0.3 is 0 Å². The van der Waals surface area contributed by atoms with Gasteiger partial charge in [0.25, 0.3) is 5.56 Å². The highest BCUT2D eigenvalue weighted by Gasteiger charge is 2.24. The Balaban J connectivity index is 0.00000363. The van der Waals surface area contributed by atoms with Crippen LogP contribution < -0.4 is 10.9 Å². The number of aryl methyl sites for hydroxylation is 1. The maximum Gasteiger partial charge on any atom is 0.250 e. The number of hydrogen-bond acceptors (Lipinski definition) is 3. The van der Waals surface area contributed by atoms with Crippen LogP contribution in [-0.4, -0.2) is 48.2 Å². The average Bonchev–Trinajstić information content (AvgIpc) is 3.24. The number of aliphatic imine (C=N–C) groups is 1. The maximum absolute atomic E-state index is 12.0. The Morgan fingerprint density at radius 3 is 2.72 bits per heavy atom. The molecule has 176 valence electrons. The molecule has 2 heterocycles. The highest BCUT2D eigenvalue weighted by Crippen LogP contribution is 2.17. The van der Waals surface area contributed by atoms with E-state index in [1.54, 1.807) is 6.07 Å². The summed E-state index contributed by atoms with van der Waals surface area (Å²) in [4.78, 5) is 19.2. The van der Waals surface area contributed by atoms with Crippen LogP contribution in [0.1, 0.15) is 37.4 Å². The highest BCUT2D eigenvalue weighted by atomic mass is 127. The van der Waals surface area contributed by atoms with Crippen LogP contribution >= 0.6 is 24.0 Å². The summed E-state index contributed by atoms with van der Waals surface area (Å²) in [5.74, 6) is 1.54. The summed E-state index contributed by atoms with van der Waals surface area (Å²) in [5, 5.41) is 3.43. The number of rotatable bonds is 10. The molecule has 0 aliphatic carbocycles. The number of unbranched alkanes of at least 4 members (excludes halogenated alkanes) is 1. The molecule has 1 aromatic carbocycles. The first-order valence-corrected chi connectivity index (χ1v) is 11.5. The predicted octanol–water partition coefficient (Wildman–Crippen LogP) is 4.06. The zero-order chi connectivity index (χ0) is 21.9. The molecular weight excluding hydrogens is 515 g/mol. The molecular formula is C25H37IN4O2. The van der Waals surface area contributed by atoms with E-state index < -0.39 is 0 Å². The SMILES string of the molecule is CCNC(=NCCCCn1c(C)cccc1=O)N1CCC(COCc2ccccc2)C1.I. The van der Waals surface area contributed by atoms with Crippen LogP contribution in [0.3, 0.4) is 0 Å². The molecule has 6 nitrogen and oxygen atoms in total. The van der Waals surface area contributed by atoms with Gasteiger partial charge in [0.1, 0.15) is 0 Å². The van der Waals surface area contributed by atoms with E-state index in [-0.39, 0.29) is 29.5 Å². The van der Waals surface area contributed by atoms with Crippen LogP contribution in [0.4, 0.5) is 0 Å². The van der Waals surface area contributed by atoms with Gasteiger partial charge in [-0.25, -0.2) is 0 Å². The Labute approximate surface area is 209 Å². The molecule has 2 aromatic rings. The van der Waals surface area contributed by atoms with Gasteiger partial charge in [-0.05, 0) is 44.7 Å². The lowest BCUT2D eigenvalue weighted by molar-refractivity contribution is 0.0907. The number of aromatic nitrogens is 1. The molecule has 1 saturated heterocycles. The minimum Gasteiger partial charge on any atom is -0.376 e. The predicted molar refractivity (Wildman–Crippen MR) is 142 cm³/mol. The zero-order valence-electron chi connectivity index (χ0n) is 19.3. The van der Waals surface area contributed by atoms with Crippen molar-refractivity contribution in [3.8, 4) is 0 Å². The fourth-order valence-electron chi connectivity index (χ4n) is 3.98. The van der Waals surface area contributed by atoms with Crippen molar-refractivity contribution in [1.29, 1.82) is 0 Å². The molecule has 1 atom stereocenters. The van der Waals surface area contributed by atoms with E-state index in [2.05, 4.69) is 41.4 Å². The fraction of sp³-hybridized carbons (Fsp3) is 0.520. The maximum atomic E-state index is 12.0. The lowest BCUT2D eigenvalue weighted by atomic mass is 10.1. The first-order chi connectivity index (χ1) is 15.2. The molecule has 0 bridgehead atoms. The number of nitrogens with zero attached hydrogens (tertiary/aromatic N) is 3. The standard InChI is InChI=1S/C25H36N4O2.HI/c1-3-26-25(27-15-7-8-16-29-21(2)10-9-13-24(29)30)28-17-14-23(18-28)20-31-19-22-11-5-4-6-12-22;/h4-6,9-13,23H,3,7-8,14-20H2,1-2H3,(H,26,27);1H. The second-order valence-electron chi connectivity index (χ2n) is 8.20. The topological polar surface area (TPSA) is 58.9 Å². The molecule has 1 aromatic heterocycles. The molecule has 32 heavy (non-hydrogen) atoms. The fourth-order valence-corrected chi connectivity index (χ4v) is 3.98. The van der Waals surface area contributed by atoms with Crippen molar-refractivity contribution in [1.82, 2.24) is 14.8 Å². The number of guanidine groups is 1. The van der Waals surface area contributed by atoms with Gasteiger partial charge in [0.15, 0.2) is 5.96 Å². The monoisotopic (exact) mass is 552 g/mol. The van der Waals surface area contributed by atoms with Crippen LogP contribution in [0, 0.1) is 12.8 Å². The van der Waals surface area contributed by atoms with Crippen molar-refractivity contribution >= 4 is 29.9 Å². The van der Waals surface area contributed by atoms with Gasteiger partial charge in [0.2, 0.25) is 0 Å². The normalized spacial score (nSPS) is 16.1. The summed E-state index contributed by atoms with van der Waals surface area (Å²) in [5.41, 5.74) is 2.32. The van der Waals surface area contributed by atoms with E-state index in [1.807, 2.05) is 29.7 Å². The van der Waals surface area contributed by atoms with E-state index in [4.69, 9.17) is 9.73 Å². The Kier molecular flexibility index (Phi) is 11.8. The van der Waals surface area contributed by atoms with Gasteiger partial charge in [-0.2, -0.15) is 0 Å². The van der Waals surface area contributed by atoms with Crippen LogP contribution in [-0.2, 0) is 17.9 Å². The van der Waals surface area contributed by atoms with Gasteiger partial charge in [-0.1, -0.05) is 36.4 Å². The molecule has 0 spiro atoms. The Morgan fingerprint density at radius 2 is 1.97 bits per heavy atom. The number of nitrogens with one attached hydrogen (secondary N) is 1. The summed E-state index contributed by atoms with van der Waals surface area (Å²) in [6.45, 7) is 9.95. The summed E-state index contributed by atoms with van der Waals surface area (Å²) >= 11 is 0. The minimum atomic E-state index is 0. The number of halogens is 1. The Hall–Kier alpha value is -1.87. The number of hydrogen-bond donors (Lipinski definition) is 1. The third kappa shape index (κ3) is 8.24. The van der Waals surface area contributed by atoms with Crippen molar-refractivity contribution in [2.75, 3.05) is 32.8 Å². The quantitative estimate of drug-likeness (QED) is 0.209. The third-order valence-corrected chi connectivity index (χ3v) is 5.70. The van der Waals surface area contributed by atoms with Crippen molar-refractivity contribution < 1.29 is 4.74 Å². The molecule has 0 saturated carbocycles. The van der Waals surface area contributed by atoms with E-state index in [0.29, 0.717) is 12.5 Å². The first-order valence-electron chi connectivity index (χ1n) is 11.5. The number of benzene rings is 1. The van der Waals surface area contributed by atoms with E-state index in [9.17, 15) is 4.79 Å². The molecule has 7 heteroatoms. The molecule has 3 rings (SSSR count). The minimum absolute atomic E-state index is 0. The van der Waals surface area contributed by atoms with Gasteiger partial charge in [0, 0.05) is 50.4 Å². The molecule has 0 radical (unpaired) electrons. The molecule has 1 aliphatic heterocycles. The van der Waals surface area contributed by atoms with Gasteiger partial charge in [-0.3, -0.25) is 9.79 Å². The summed E-state index contributed by atoms with van der Waals surface area (Å²) in [7, 11) is 0. The molecule has 0 amide bonds. The highest BCUT2D eigenvalue weighted by molar-refractivity contribution is 14.0. The average molecular weight is 553 g/mol. The largest absolute Gasteiger partial charge is 0.376 e. The second-order valence-corrected chi connectivity index (χ2v) is 8.20. The lowest BCUT2D eigenvalue weighted by Crippen LogP contribution is -2.40. The summed E-state index contributed by atoms with van der Waals surface area (Å²) < 4.78 is 7.79. The van der Waals surface area contributed by atoms with E-state index in [0.717, 1.165) is 70.2 Å². The number of likely N-dealkylation sites (tertiary alicyclic amines) is 1. The van der Waals surface area contributed by atoms with Crippen molar-refractivity contribution in [3.05, 3.63) is 70.1 Å². The van der Waals surface area contributed by atoms with Crippen LogP contribution in [0.2, 0.25) is 0 Å². The van der Waals surface area contributed by atoms with E-state index >= 15 is 0 Å².